The summed E-state index contributed by atoms with van der Waals surface area (Å²) in [5.74, 6) is 0. The van der Waals surface area contributed by atoms with Crippen molar-refractivity contribution in [3.05, 3.63) is 34.9 Å². The summed E-state index contributed by atoms with van der Waals surface area (Å²) in [6, 6.07) is 8.74. The van der Waals surface area contributed by atoms with Crippen LogP contribution in [-0.2, 0) is 6.42 Å². The van der Waals surface area contributed by atoms with E-state index in [1.54, 1.807) is 0 Å². The van der Waals surface area contributed by atoms with Crippen molar-refractivity contribution in [2.45, 2.75) is 25.3 Å². The lowest BCUT2D eigenvalue weighted by atomic mass is 10.1. The van der Waals surface area contributed by atoms with Crippen molar-refractivity contribution in [1.29, 1.82) is 0 Å². The fraction of sp³-hybridized carbons (Fsp3) is 0.538. The van der Waals surface area contributed by atoms with Gasteiger partial charge in [-0.3, -0.25) is 4.90 Å². The van der Waals surface area contributed by atoms with Gasteiger partial charge in [0, 0.05) is 24.2 Å². The van der Waals surface area contributed by atoms with Gasteiger partial charge in [0.25, 0.3) is 0 Å². The second-order valence-electron chi connectivity index (χ2n) is 4.44. The summed E-state index contributed by atoms with van der Waals surface area (Å²) in [5.41, 5.74) is 7.11. The van der Waals surface area contributed by atoms with Gasteiger partial charge in [-0.05, 0) is 43.5 Å². The SMILES string of the molecule is NCC1CCCN1CCc1ccc(Cl)cc1. The molecule has 0 radical (unpaired) electrons. The first-order valence-electron chi connectivity index (χ1n) is 5.98. The third-order valence-corrected chi connectivity index (χ3v) is 3.62. The van der Waals surface area contributed by atoms with Gasteiger partial charge in [-0.2, -0.15) is 0 Å². The Hall–Kier alpha value is -0.570. The maximum atomic E-state index is 5.86. The highest BCUT2D eigenvalue weighted by Crippen LogP contribution is 2.17. The largest absolute Gasteiger partial charge is 0.329 e. The first-order chi connectivity index (χ1) is 7.79. The van der Waals surface area contributed by atoms with Crippen molar-refractivity contribution >= 4 is 11.6 Å². The molecule has 1 saturated heterocycles. The summed E-state index contributed by atoms with van der Waals surface area (Å²) in [5, 5.41) is 0.810. The van der Waals surface area contributed by atoms with Gasteiger partial charge in [0.15, 0.2) is 0 Å². The molecule has 2 N–H and O–H groups in total. The van der Waals surface area contributed by atoms with Crippen LogP contribution in [0.15, 0.2) is 24.3 Å². The van der Waals surface area contributed by atoms with Crippen molar-refractivity contribution in [2.24, 2.45) is 5.73 Å². The third kappa shape index (κ3) is 2.97. The predicted molar refractivity (Wildman–Crippen MR) is 68.8 cm³/mol. The average molecular weight is 239 g/mol. The van der Waals surface area contributed by atoms with Crippen LogP contribution < -0.4 is 5.73 Å². The Balaban J connectivity index is 1.85. The van der Waals surface area contributed by atoms with Gasteiger partial charge >= 0.3 is 0 Å². The second kappa shape index (κ2) is 5.67. The Labute approximate surface area is 102 Å². The van der Waals surface area contributed by atoms with E-state index in [9.17, 15) is 0 Å². The van der Waals surface area contributed by atoms with Gasteiger partial charge in [-0.15, -0.1) is 0 Å². The van der Waals surface area contributed by atoms with Crippen LogP contribution in [0, 0.1) is 0 Å². The van der Waals surface area contributed by atoms with E-state index in [0.29, 0.717) is 6.04 Å². The average Bonchev–Trinajstić information content (AvgIpc) is 2.76. The summed E-state index contributed by atoms with van der Waals surface area (Å²) >= 11 is 5.86. The molecule has 1 atom stereocenters. The van der Waals surface area contributed by atoms with E-state index in [2.05, 4.69) is 17.0 Å². The minimum atomic E-state index is 0.604. The van der Waals surface area contributed by atoms with Crippen molar-refractivity contribution in [3.63, 3.8) is 0 Å². The van der Waals surface area contributed by atoms with Gasteiger partial charge in [-0.1, -0.05) is 23.7 Å². The molecule has 0 saturated carbocycles. The second-order valence-corrected chi connectivity index (χ2v) is 4.88. The summed E-state index contributed by atoms with van der Waals surface area (Å²) in [6.45, 7) is 3.11. The molecule has 1 heterocycles. The number of halogens is 1. The number of likely N-dealkylation sites (tertiary alicyclic amines) is 1. The minimum absolute atomic E-state index is 0.604. The van der Waals surface area contributed by atoms with Crippen molar-refractivity contribution in [2.75, 3.05) is 19.6 Å². The number of nitrogens with two attached hydrogens (primary N) is 1. The summed E-state index contributed by atoms with van der Waals surface area (Å²) in [4.78, 5) is 2.51. The minimum Gasteiger partial charge on any atom is -0.329 e. The molecule has 2 rings (SSSR count). The van der Waals surface area contributed by atoms with Crippen LogP contribution in [0.1, 0.15) is 18.4 Å². The molecule has 1 fully saturated rings. The van der Waals surface area contributed by atoms with Crippen molar-refractivity contribution in [3.8, 4) is 0 Å². The number of benzene rings is 1. The molecular weight excluding hydrogens is 220 g/mol. The van der Waals surface area contributed by atoms with Crippen LogP contribution in [0.25, 0.3) is 0 Å². The van der Waals surface area contributed by atoms with E-state index in [0.717, 1.165) is 24.5 Å². The molecule has 2 nitrogen and oxygen atoms in total. The Bertz CT molecular complexity index is 323. The molecule has 1 aromatic carbocycles. The van der Waals surface area contributed by atoms with E-state index < -0.39 is 0 Å². The first-order valence-corrected chi connectivity index (χ1v) is 6.36. The van der Waals surface area contributed by atoms with E-state index >= 15 is 0 Å². The van der Waals surface area contributed by atoms with Gasteiger partial charge < -0.3 is 5.73 Å². The Morgan fingerprint density at radius 2 is 2.06 bits per heavy atom. The molecule has 0 aromatic heterocycles. The van der Waals surface area contributed by atoms with E-state index in [-0.39, 0.29) is 0 Å². The monoisotopic (exact) mass is 238 g/mol. The molecule has 0 aliphatic carbocycles. The highest BCUT2D eigenvalue weighted by molar-refractivity contribution is 6.30. The number of nitrogens with zero attached hydrogens (tertiary/aromatic N) is 1. The maximum absolute atomic E-state index is 5.86. The van der Waals surface area contributed by atoms with Gasteiger partial charge in [-0.25, -0.2) is 0 Å². The van der Waals surface area contributed by atoms with E-state index in [1.807, 2.05) is 12.1 Å². The summed E-state index contributed by atoms with van der Waals surface area (Å²) in [6.07, 6.45) is 3.65. The molecule has 0 amide bonds. The Morgan fingerprint density at radius 1 is 1.31 bits per heavy atom. The highest BCUT2D eigenvalue weighted by atomic mass is 35.5. The van der Waals surface area contributed by atoms with Crippen molar-refractivity contribution < 1.29 is 0 Å². The lowest BCUT2D eigenvalue weighted by molar-refractivity contribution is 0.262. The first kappa shape index (κ1) is 11.9. The smallest absolute Gasteiger partial charge is 0.0406 e. The number of rotatable bonds is 4. The molecule has 1 unspecified atom stereocenters. The van der Waals surface area contributed by atoms with Crippen LogP contribution in [0.2, 0.25) is 5.02 Å². The third-order valence-electron chi connectivity index (χ3n) is 3.37. The van der Waals surface area contributed by atoms with Crippen LogP contribution in [0.4, 0.5) is 0 Å². The zero-order valence-electron chi connectivity index (χ0n) is 9.53. The van der Waals surface area contributed by atoms with E-state index in [1.165, 1.54) is 24.9 Å². The lowest BCUT2D eigenvalue weighted by Crippen LogP contribution is -2.36. The standard InChI is InChI=1S/C13H19ClN2/c14-12-5-3-11(4-6-12)7-9-16-8-1-2-13(16)10-15/h3-6,13H,1-2,7-10,15H2. The number of hydrogen-bond donors (Lipinski definition) is 1. The lowest BCUT2D eigenvalue weighted by Gasteiger charge is -2.22. The van der Waals surface area contributed by atoms with Crippen LogP contribution >= 0.6 is 11.6 Å². The predicted octanol–water partition coefficient (Wildman–Crippen LogP) is 2.31. The zero-order valence-corrected chi connectivity index (χ0v) is 10.3. The summed E-state index contributed by atoms with van der Waals surface area (Å²) in [7, 11) is 0. The highest BCUT2D eigenvalue weighted by Gasteiger charge is 2.22. The molecule has 0 spiro atoms. The van der Waals surface area contributed by atoms with Crippen LogP contribution in [-0.4, -0.2) is 30.6 Å². The van der Waals surface area contributed by atoms with Gasteiger partial charge in [0.1, 0.15) is 0 Å². The molecule has 88 valence electrons. The quantitative estimate of drug-likeness (QED) is 0.872. The van der Waals surface area contributed by atoms with Gasteiger partial charge in [0.2, 0.25) is 0 Å². The maximum Gasteiger partial charge on any atom is 0.0406 e. The molecule has 1 aliphatic heterocycles. The molecule has 0 bridgehead atoms. The van der Waals surface area contributed by atoms with Crippen LogP contribution in [0.3, 0.4) is 0 Å². The number of hydrogen-bond acceptors (Lipinski definition) is 2. The van der Waals surface area contributed by atoms with Crippen LogP contribution in [0.5, 0.6) is 0 Å². The summed E-state index contributed by atoms with van der Waals surface area (Å²) < 4.78 is 0. The van der Waals surface area contributed by atoms with Gasteiger partial charge in [0.05, 0.1) is 0 Å². The fourth-order valence-corrected chi connectivity index (χ4v) is 2.51. The topological polar surface area (TPSA) is 29.3 Å². The van der Waals surface area contributed by atoms with Crippen molar-refractivity contribution in [1.82, 2.24) is 4.90 Å². The Kier molecular flexibility index (Phi) is 4.22. The van der Waals surface area contributed by atoms with E-state index in [4.69, 9.17) is 17.3 Å². The zero-order chi connectivity index (χ0) is 11.4. The molecular formula is C13H19ClN2. The molecule has 16 heavy (non-hydrogen) atoms. The normalized spacial score (nSPS) is 21.5. The molecule has 3 heteroatoms. The Morgan fingerprint density at radius 3 is 2.75 bits per heavy atom. The molecule has 1 aromatic rings. The fourth-order valence-electron chi connectivity index (χ4n) is 2.38. The molecule has 1 aliphatic rings.